The lowest BCUT2D eigenvalue weighted by Gasteiger charge is -2.20. The summed E-state index contributed by atoms with van der Waals surface area (Å²) in [5.41, 5.74) is 0.639. The molecule has 0 saturated carbocycles. The Bertz CT molecular complexity index is 469. The van der Waals surface area contributed by atoms with Gasteiger partial charge in [0.15, 0.2) is 5.78 Å². The number of methoxy groups -OCH3 is 1. The standard InChI is InChI=1S/C16H23NO3/c1-12(18)8-9-14(11-17(2)3)16(19)13-6-5-7-15(10-13)20-4/h5-7,10,14H,8-9,11H2,1-4H3/t14-/m0/s1. The Morgan fingerprint density at radius 1 is 1.30 bits per heavy atom. The third-order valence-electron chi connectivity index (χ3n) is 3.16. The number of carbonyl (C=O) groups is 2. The Balaban J connectivity index is 2.87. The van der Waals surface area contributed by atoms with Crippen molar-refractivity contribution >= 4 is 11.6 Å². The predicted octanol–water partition coefficient (Wildman–Crippen LogP) is 2.42. The molecule has 0 aliphatic rings. The molecule has 1 aromatic carbocycles. The Kier molecular flexibility index (Phi) is 6.39. The van der Waals surface area contributed by atoms with Gasteiger partial charge in [-0.15, -0.1) is 0 Å². The second-order valence-corrected chi connectivity index (χ2v) is 5.30. The fourth-order valence-electron chi connectivity index (χ4n) is 2.14. The quantitative estimate of drug-likeness (QED) is 0.685. The first-order chi connectivity index (χ1) is 9.43. The molecule has 20 heavy (non-hydrogen) atoms. The minimum atomic E-state index is -0.166. The van der Waals surface area contributed by atoms with Gasteiger partial charge >= 0.3 is 0 Å². The fourth-order valence-corrected chi connectivity index (χ4v) is 2.14. The smallest absolute Gasteiger partial charge is 0.167 e. The van der Waals surface area contributed by atoms with E-state index in [1.165, 1.54) is 0 Å². The summed E-state index contributed by atoms with van der Waals surface area (Å²) in [4.78, 5) is 25.7. The molecule has 0 N–H and O–H groups in total. The maximum Gasteiger partial charge on any atom is 0.167 e. The van der Waals surface area contributed by atoms with Crippen LogP contribution in [0, 0.1) is 5.92 Å². The Hall–Kier alpha value is -1.68. The highest BCUT2D eigenvalue weighted by atomic mass is 16.5. The van der Waals surface area contributed by atoms with E-state index in [4.69, 9.17) is 4.74 Å². The van der Waals surface area contributed by atoms with E-state index < -0.39 is 0 Å². The van der Waals surface area contributed by atoms with E-state index in [-0.39, 0.29) is 17.5 Å². The lowest BCUT2D eigenvalue weighted by molar-refractivity contribution is -0.117. The molecule has 0 spiro atoms. The number of benzene rings is 1. The van der Waals surface area contributed by atoms with Crippen LogP contribution in [0.1, 0.15) is 30.1 Å². The highest BCUT2D eigenvalue weighted by molar-refractivity contribution is 5.98. The number of hydrogen-bond acceptors (Lipinski definition) is 4. The van der Waals surface area contributed by atoms with Crippen molar-refractivity contribution < 1.29 is 14.3 Å². The van der Waals surface area contributed by atoms with Crippen LogP contribution in [0.25, 0.3) is 0 Å². The first kappa shape index (κ1) is 16.4. The molecule has 1 atom stereocenters. The summed E-state index contributed by atoms with van der Waals surface area (Å²) < 4.78 is 5.15. The van der Waals surface area contributed by atoms with Gasteiger partial charge in [-0.3, -0.25) is 4.79 Å². The number of rotatable bonds is 8. The van der Waals surface area contributed by atoms with E-state index in [1.807, 2.05) is 31.1 Å². The molecule has 0 heterocycles. The minimum absolute atomic E-state index is 0.0684. The van der Waals surface area contributed by atoms with Crippen LogP contribution in [-0.4, -0.2) is 44.2 Å². The van der Waals surface area contributed by atoms with E-state index in [0.29, 0.717) is 30.7 Å². The van der Waals surface area contributed by atoms with Gasteiger partial charge in [0.2, 0.25) is 0 Å². The number of nitrogens with zero attached hydrogens (tertiary/aromatic N) is 1. The normalized spacial score (nSPS) is 12.2. The second kappa shape index (κ2) is 7.80. The molecular weight excluding hydrogens is 254 g/mol. The zero-order valence-electron chi connectivity index (χ0n) is 12.7. The van der Waals surface area contributed by atoms with E-state index in [2.05, 4.69) is 0 Å². The number of Topliss-reactive ketones (excluding diaryl/α,β-unsaturated/α-hetero) is 2. The lowest BCUT2D eigenvalue weighted by atomic mass is 9.92. The summed E-state index contributed by atoms with van der Waals surface area (Å²) in [5, 5.41) is 0. The number of ether oxygens (including phenoxy) is 1. The Labute approximate surface area is 120 Å². The molecule has 0 unspecified atom stereocenters. The van der Waals surface area contributed by atoms with Crippen molar-refractivity contribution in [2.45, 2.75) is 19.8 Å². The van der Waals surface area contributed by atoms with Gasteiger partial charge in [-0.05, 0) is 39.6 Å². The van der Waals surface area contributed by atoms with Crippen LogP contribution < -0.4 is 4.74 Å². The monoisotopic (exact) mass is 277 g/mol. The molecule has 0 aromatic heterocycles. The van der Waals surface area contributed by atoms with Crippen molar-refractivity contribution in [1.29, 1.82) is 0 Å². The van der Waals surface area contributed by atoms with E-state index in [1.54, 1.807) is 26.2 Å². The fraction of sp³-hybridized carbons (Fsp3) is 0.500. The molecule has 4 nitrogen and oxygen atoms in total. The SMILES string of the molecule is COc1cccc(C(=O)[C@@H](CCC(C)=O)CN(C)C)c1. The van der Waals surface area contributed by atoms with Gasteiger partial charge in [0.25, 0.3) is 0 Å². The van der Waals surface area contributed by atoms with Crippen LogP contribution in [0.5, 0.6) is 5.75 Å². The highest BCUT2D eigenvalue weighted by Crippen LogP contribution is 2.19. The lowest BCUT2D eigenvalue weighted by Crippen LogP contribution is -2.28. The van der Waals surface area contributed by atoms with E-state index in [9.17, 15) is 9.59 Å². The minimum Gasteiger partial charge on any atom is -0.497 e. The Morgan fingerprint density at radius 2 is 2.00 bits per heavy atom. The molecule has 0 fully saturated rings. The van der Waals surface area contributed by atoms with Gasteiger partial charge in [0.1, 0.15) is 11.5 Å². The molecule has 0 saturated heterocycles. The summed E-state index contributed by atoms with van der Waals surface area (Å²) in [6.45, 7) is 2.20. The van der Waals surface area contributed by atoms with E-state index in [0.717, 1.165) is 0 Å². The van der Waals surface area contributed by atoms with Crippen molar-refractivity contribution in [2.24, 2.45) is 5.92 Å². The summed E-state index contributed by atoms with van der Waals surface area (Å²) in [6.07, 6.45) is 1.03. The van der Waals surface area contributed by atoms with Crippen LogP contribution >= 0.6 is 0 Å². The molecule has 0 radical (unpaired) electrons. The van der Waals surface area contributed by atoms with Crippen LogP contribution in [0.15, 0.2) is 24.3 Å². The predicted molar refractivity (Wildman–Crippen MR) is 79.3 cm³/mol. The average molecular weight is 277 g/mol. The molecule has 0 aliphatic heterocycles. The molecule has 110 valence electrons. The maximum atomic E-state index is 12.6. The summed E-state index contributed by atoms with van der Waals surface area (Å²) in [7, 11) is 5.44. The van der Waals surface area contributed by atoms with Crippen molar-refractivity contribution in [1.82, 2.24) is 4.90 Å². The van der Waals surface area contributed by atoms with Crippen molar-refractivity contribution in [2.75, 3.05) is 27.7 Å². The second-order valence-electron chi connectivity index (χ2n) is 5.30. The average Bonchev–Trinajstić information content (AvgIpc) is 2.42. The van der Waals surface area contributed by atoms with E-state index >= 15 is 0 Å². The molecule has 4 heteroatoms. The van der Waals surface area contributed by atoms with Gasteiger partial charge in [-0.1, -0.05) is 12.1 Å². The third kappa shape index (κ3) is 5.13. The zero-order chi connectivity index (χ0) is 15.1. The largest absolute Gasteiger partial charge is 0.497 e. The number of ketones is 2. The molecule has 0 amide bonds. The third-order valence-corrected chi connectivity index (χ3v) is 3.16. The van der Waals surface area contributed by atoms with Gasteiger partial charge in [0.05, 0.1) is 7.11 Å². The highest BCUT2D eigenvalue weighted by Gasteiger charge is 2.21. The summed E-state index contributed by atoms with van der Waals surface area (Å²) in [6, 6.07) is 7.16. The van der Waals surface area contributed by atoms with Crippen LogP contribution in [0.2, 0.25) is 0 Å². The van der Waals surface area contributed by atoms with Crippen molar-refractivity contribution in [3.8, 4) is 5.75 Å². The van der Waals surface area contributed by atoms with Crippen LogP contribution in [0.4, 0.5) is 0 Å². The molecular formula is C16H23NO3. The molecule has 1 rings (SSSR count). The first-order valence-electron chi connectivity index (χ1n) is 6.76. The number of carbonyl (C=O) groups excluding carboxylic acids is 2. The molecule has 1 aromatic rings. The number of hydrogen-bond donors (Lipinski definition) is 0. The summed E-state index contributed by atoms with van der Waals surface area (Å²) >= 11 is 0. The maximum absolute atomic E-state index is 12.6. The van der Waals surface area contributed by atoms with Gasteiger partial charge in [-0.2, -0.15) is 0 Å². The molecule has 0 aliphatic carbocycles. The van der Waals surface area contributed by atoms with Gasteiger partial charge in [-0.25, -0.2) is 0 Å². The van der Waals surface area contributed by atoms with Crippen molar-refractivity contribution in [3.63, 3.8) is 0 Å². The van der Waals surface area contributed by atoms with Crippen LogP contribution in [-0.2, 0) is 4.79 Å². The van der Waals surface area contributed by atoms with Crippen molar-refractivity contribution in [3.05, 3.63) is 29.8 Å². The van der Waals surface area contributed by atoms with Gasteiger partial charge < -0.3 is 14.4 Å². The zero-order valence-corrected chi connectivity index (χ0v) is 12.7. The summed E-state index contributed by atoms with van der Waals surface area (Å²) in [5.74, 6) is 0.693. The van der Waals surface area contributed by atoms with Gasteiger partial charge in [0, 0.05) is 24.4 Å². The topological polar surface area (TPSA) is 46.6 Å². The Morgan fingerprint density at radius 3 is 2.55 bits per heavy atom. The first-order valence-corrected chi connectivity index (χ1v) is 6.76. The van der Waals surface area contributed by atoms with Crippen LogP contribution in [0.3, 0.4) is 0 Å². The molecule has 0 bridgehead atoms.